The van der Waals surface area contributed by atoms with E-state index >= 15 is 0 Å². The van der Waals surface area contributed by atoms with E-state index in [-0.39, 0.29) is 17.7 Å². The van der Waals surface area contributed by atoms with Gasteiger partial charge in [-0.05, 0) is 40.2 Å². The van der Waals surface area contributed by atoms with E-state index in [4.69, 9.17) is 14.0 Å². The number of ether oxygens (including phenoxy) is 2. The second-order valence-corrected chi connectivity index (χ2v) is 8.37. The van der Waals surface area contributed by atoms with E-state index in [1.54, 1.807) is 20.8 Å². The molecule has 0 aliphatic carbocycles. The summed E-state index contributed by atoms with van der Waals surface area (Å²) in [6.45, 7) is 8.44. The molecule has 9 heteroatoms. The standard InChI is InChI=1S/C23H24N2O6S/c1-6-29-23(28)20-19(16-9-7-12(2)8-10-16)15(5)32-21(20)24-17(26)11-30-22(27)18-13(3)25-31-14(18)4/h7-10H,6,11H2,1-5H3,(H,24,26). The maximum Gasteiger partial charge on any atom is 0.344 e. The van der Waals surface area contributed by atoms with Crippen LogP contribution in [0.4, 0.5) is 5.00 Å². The van der Waals surface area contributed by atoms with Crippen LogP contribution in [0.3, 0.4) is 0 Å². The fourth-order valence-electron chi connectivity index (χ4n) is 3.24. The number of aromatic nitrogens is 1. The monoisotopic (exact) mass is 456 g/mol. The molecule has 0 aliphatic heterocycles. The Balaban J connectivity index is 1.83. The smallest absolute Gasteiger partial charge is 0.344 e. The van der Waals surface area contributed by atoms with E-state index in [0.717, 1.165) is 16.0 Å². The van der Waals surface area contributed by atoms with E-state index < -0.39 is 24.5 Å². The molecule has 8 nitrogen and oxygen atoms in total. The van der Waals surface area contributed by atoms with Crippen LogP contribution in [-0.4, -0.2) is 36.2 Å². The minimum atomic E-state index is -0.704. The lowest BCUT2D eigenvalue weighted by molar-refractivity contribution is -0.119. The first-order valence-corrected chi connectivity index (χ1v) is 10.8. The van der Waals surface area contributed by atoms with Gasteiger partial charge >= 0.3 is 11.9 Å². The van der Waals surface area contributed by atoms with Crippen molar-refractivity contribution in [1.29, 1.82) is 0 Å². The van der Waals surface area contributed by atoms with Crippen molar-refractivity contribution in [2.75, 3.05) is 18.5 Å². The molecule has 1 N–H and O–H groups in total. The van der Waals surface area contributed by atoms with Gasteiger partial charge in [0.2, 0.25) is 0 Å². The van der Waals surface area contributed by atoms with Gasteiger partial charge in [-0.25, -0.2) is 9.59 Å². The first-order valence-electron chi connectivity index (χ1n) is 10.00. The van der Waals surface area contributed by atoms with Crippen molar-refractivity contribution < 1.29 is 28.4 Å². The molecular formula is C23H24N2O6S. The summed E-state index contributed by atoms with van der Waals surface area (Å²) in [5.74, 6) is -1.50. The summed E-state index contributed by atoms with van der Waals surface area (Å²) in [6, 6.07) is 7.75. The summed E-state index contributed by atoms with van der Waals surface area (Å²) in [5.41, 5.74) is 3.50. The first kappa shape index (κ1) is 23.2. The normalized spacial score (nSPS) is 10.7. The summed E-state index contributed by atoms with van der Waals surface area (Å²) in [7, 11) is 0. The number of benzene rings is 1. The van der Waals surface area contributed by atoms with Gasteiger partial charge in [-0.15, -0.1) is 11.3 Å². The Kier molecular flexibility index (Phi) is 7.09. The van der Waals surface area contributed by atoms with Gasteiger partial charge in [0.15, 0.2) is 6.61 Å². The second-order valence-electron chi connectivity index (χ2n) is 7.15. The van der Waals surface area contributed by atoms with Crippen LogP contribution >= 0.6 is 11.3 Å². The molecule has 1 aromatic carbocycles. The molecule has 0 bridgehead atoms. The van der Waals surface area contributed by atoms with Crippen molar-refractivity contribution >= 4 is 34.2 Å². The number of thiophene rings is 1. The Bertz CT molecular complexity index is 1140. The van der Waals surface area contributed by atoms with Crippen LogP contribution in [0.25, 0.3) is 11.1 Å². The number of esters is 2. The molecule has 3 rings (SSSR count). The molecule has 0 unspecified atom stereocenters. The number of hydrogen-bond donors (Lipinski definition) is 1. The lowest BCUT2D eigenvalue weighted by Gasteiger charge is -2.10. The molecule has 32 heavy (non-hydrogen) atoms. The topological polar surface area (TPSA) is 108 Å². The van der Waals surface area contributed by atoms with Crippen molar-refractivity contribution in [3.8, 4) is 11.1 Å². The summed E-state index contributed by atoms with van der Waals surface area (Å²) in [4.78, 5) is 38.4. The molecule has 0 saturated heterocycles. The fourth-order valence-corrected chi connectivity index (χ4v) is 4.32. The number of anilines is 1. The number of rotatable bonds is 7. The van der Waals surface area contributed by atoms with Crippen LogP contribution in [0, 0.1) is 27.7 Å². The average molecular weight is 457 g/mol. The maximum absolute atomic E-state index is 12.7. The van der Waals surface area contributed by atoms with Crippen LogP contribution < -0.4 is 5.32 Å². The van der Waals surface area contributed by atoms with Gasteiger partial charge in [-0.1, -0.05) is 35.0 Å². The van der Waals surface area contributed by atoms with Gasteiger partial charge in [-0.3, -0.25) is 4.79 Å². The molecule has 0 spiro atoms. The van der Waals surface area contributed by atoms with E-state index in [9.17, 15) is 14.4 Å². The number of carbonyl (C=O) groups is 3. The molecular weight excluding hydrogens is 432 g/mol. The summed E-state index contributed by atoms with van der Waals surface area (Å²) >= 11 is 1.26. The summed E-state index contributed by atoms with van der Waals surface area (Å²) < 4.78 is 15.3. The second kappa shape index (κ2) is 9.78. The number of aryl methyl sites for hydroxylation is 4. The largest absolute Gasteiger partial charge is 0.462 e. The van der Waals surface area contributed by atoms with Crippen molar-refractivity contribution in [3.05, 3.63) is 57.3 Å². The molecule has 0 fully saturated rings. The van der Waals surface area contributed by atoms with Gasteiger partial charge in [0.25, 0.3) is 5.91 Å². The minimum absolute atomic E-state index is 0.193. The van der Waals surface area contributed by atoms with E-state index in [1.807, 2.05) is 38.1 Å². The van der Waals surface area contributed by atoms with Crippen molar-refractivity contribution in [1.82, 2.24) is 5.16 Å². The van der Waals surface area contributed by atoms with Crippen LogP contribution in [0.2, 0.25) is 0 Å². The Morgan fingerprint density at radius 2 is 1.66 bits per heavy atom. The third-order valence-corrected chi connectivity index (χ3v) is 5.75. The van der Waals surface area contributed by atoms with Crippen LogP contribution in [-0.2, 0) is 14.3 Å². The number of nitrogens with one attached hydrogen (secondary N) is 1. The van der Waals surface area contributed by atoms with Crippen molar-refractivity contribution in [2.24, 2.45) is 0 Å². The zero-order chi connectivity index (χ0) is 23.4. The van der Waals surface area contributed by atoms with Crippen molar-refractivity contribution in [2.45, 2.75) is 34.6 Å². The van der Waals surface area contributed by atoms with Crippen molar-refractivity contribution in [3.63, 3.8) is 0 Å². The van der Waals surface area contributed by atoms with Gasteiger partial charge in [0, 0.05) is 10.4 Å². The highest BCUT2D eigenvalue weighted by molar-refractivity contribution is 7.17. The molecule has 0 aliphatic rings. The third kappa shape index (κ3) is 4.88. The van der Waals surface area contributed by atoms with Gasteiger partial charge < -0.3 is 19.3 Å². The molecule has 1 amide bonds. The minimum Gasteiger partial charge on any atom is -0.462 e. The molecule has 2 aromatic heterocycles. The number of nitrogens with zero attached hydrogens (tertiary/aromatic N) is 1. The molecule has 3 aromatic rings. The Morgan fingerprint density at radius 3 is 2.25 bits per heavy atom. The Morgan fingerprint density at radius 1 is 1.00 bits per heavy atom. The van der Waals surface area contributed by atoms with Crippen LogP contribution in [0.15, 0.2) is 28.8 Å². The predicted octanol–water partition coefficient (Wildman–Crippen LogP) is 4.61. The summed E-state index contributed by atoms with van der Waals surface area (Å²) in [6.07, 6.45) is 0. The third-order valence-electron chi connectivity index (χ3n) is 4.73. The number of amides is 1. The predicted molar refractivity (Wildman–Crippen MR) is 120 cm³/mol. The molecule has 0 radical (unpaired) electrons. The first-order chi connectivity index (χ1) is 15.2. The Hall–Kier alpha value is -3.46. The SMILES string of the molecule is CCOC(=O)c1c(NC(=O)COC(=O)c2c(C)noc2C)sc(C)c1-c1ccc(C)cc1. The van der Waals surface area contributed by atoms with Crippen LogP contribution in [0.1, 0.15) is 49.5 Å². The Labute approximate surface area is 189 Å². The lowest BCUT2D eigenvalue weighted by Crippen LogP contribution is -2.22. The molecule has 0 saturated carbocycles. The van der Waals surface area contributed by atoms with E-state index in [0.29, 0.717) is 22.0 Å². The number of carbonyl (C=O) groups excluding carboxylic acids is 3. The van der Waals surface area contributed by atoms with E-state index in [1.165, 1.54) is 11.3 Å². The lowest BCUT2D eigenvalue weighted by atomic mass is 10.0. The van der Waals surface area contributed by atoms with E-state index in [2.05, 4.69) is 10.5 Å². The fraction of sp³-hybridized carbons (Fsp3) is 0.304. The maximum atomic E-state index is 12.7. The highest BCUT2D eigenvalue weighted by atomic mass is 32.1. The van der Waals surface area contributed by atoms with Crippen LogP contribution in [0.5, 0.6) is 0 Å². The molecule has 168 valence electrons. The summed E-state index contributed by atoms with van der Waals surface area (Å²) in [5, 5.41) is 6.73. The zero-order valence-electron chi connectivity index (χ0n) is 18.5. The molecule has 2 heterocycles. The average Bonchev–Trinajstić information content (AvgIpc) is 3.25. The van der Waals surface area contributed by atoms with Gasteiger partial charge in [0.05, 0.1) is 12.3 Å². The quantitative estimate of drug-likeness (QED) is 0.517. The van der Waals surface area contributed by atoms with Gasteiger partial charge in [0.1, 0.15) is 21.9 Å². The number of hydrogen-bond acceptors (Lipinski definition) is 8. The highest BCUT2D eigenvalue weighted by Crippen LogP contribution is 2.40. The zero-order valence-corrected chi connectivity index (χ0v) is 19.3. The highest BCUT2D eigenvalue weighted by Gasteiger charge is 2.26. The molecule has 0 atom stereocenters. The van der Waals surface area contributed by atoms with Gasteiger partial charge in [-0.2, -0.15) is 0 Å².